The largest absolute Gasteiger partial charge is 0.493 e. The summed E-state index contributed by atoms with van der Waals surface area (Å²) in [5.74, 6) is 1.46. The molecule has 0 spiro atoms. The molecule has 1 aliphatic heterocycles. The number of methoxy groups -OCH3 is 1. The molecule has 0 aliphatic carbocycles. The van der Waals surface area contributed by atoms with Gasteiger partial charge in [-0.3, -0.25) is 4.79 Å². The van der Waals surface area contributed by atoms with Crippen LogP contribution in [-0.2, 0) is 11.3 Å². The van der Waals surface area contributed by atoms with Gasteiger partial charge in [-0.2, -0.15) is 5.10 Å². The molecule has 3 aromatic rings. The fourth-order valence-electron chi connectivity index (χ4n) is 2.73. The molecule has 8 nitrogen and oxygen atoms in total. The van der Waals surface area contributed by atoms with Gasteiger partial charge in [0.15, 0.2) is 11.5 Å². The second-order valence-corrected chi connectivity index (χ2v) is 5.61. The van der Waals surface area contributed by atoms with Gasteiger partial charge in [0.25, 0.3) is 5.91 Å². The van der Waals surface area contributed by atoms with E-state index in [9.17, 15) is 4.79 Å². The number of hydrogen-bond donors (Lipinski definition) is 1. The standard InChI is InChI=1S/C18H16N4O4/c1-24-15-6-12(7-16-18(15)26-11-25-16)8-20-21-17(23)9-22-10-19-13-4-2-3-5-14(13)22/h2-8,10H,9,11H2,1H3,(H,21,23)/b20-8+. The molecule has 1 aromatic heterocycles. The topological polar surface area (TPSA) is 87.0 Å². The Morgan fingerprint density at radius 2 is 2.27 bits per heavy atom. The summed E-state index contributed by atoms with van der Waals surface area (Å²) >= 11 is 0. The molecule has 0 unspecified atom stereocenters. The first kappa shape index (κ1) is 15.9. The summed E-state index contributed by atoms with van der Waals surface area (Å²) in [5.41, 5.74) is 4.97. The fraction of sp³-hybridized carbons (Fsp3) is 0.167. The number of carbonyl (C=O) groups is 1. The Balaban J connectivity index is 1.43. The maximum atomic E-state index is 12.1. The zero-order valence-corrected chi connectivity index (χ0v) is 14.0. The zero-order chi connectivity index (χ0) is 17.9. The van der Waals surface area contributed by atoms with Crippen molar-refractivity contribution in [2.75, 3.05) is 13.9 Å². The third-order valence-electron chi connectivity index (χ3n) is 3.92. The summed E-state index contributed by atoms with van der Waals surface area (Å²) in [6.07, 6.45) is 3.16. The first-order valence-electron chi connectivity index (χ1n) is 7.94. The van der Waals surface area contributed by atoms with Crippen molar-refractivity contribution in [3.05, 3.63) is 48.3 Å². The van der Waals surface area contributed by atoms with Crippen molar-refractivity contribution in [2.24, 2.45) is 5.10 Å². The molecule has 0 fully saturated rings. The molecule has 0 bridgehead atoms. The second kappa shape index (κ2) is 6.75. The van der Waals surface area contributed by atoms with E-state index in [0.29, 0.717) is 17.2 Å². The van der Waals surface area contributed by atoms with Gasteiger partial charge < -0.3 is 18.8 Å². The number of nitrogens with zero attached hydrogens (tertiary/aromatic N) is 3. The molecule has 0 atom stereocenters. The minimum absolute atomic E-state index is 0.127. The summed E-state index contributed by atoms with van der Waals surface area (Å²) < 4.78 is 17.7. The van der Waals surface area contributed by atoms with Crippen LogP contribution in [0.5, 0.6) is 17.2 Å². The summed E-state index contributed by atoms with van der Waals surface area (Å²) in [7, 11) is 1.55. The molecule has 1 amide bonds. The number of para-hydroxylation sites is 2. The summed E-state index contributed by atoms with van der Waals surface area (Å²) in [6, 6.07) is 11.1. The molecule has 8 heteroatoms. The van der Waals surface area contributed by atoms with E-state index < -0.39 is 0 Å². The quantitative estimate of drug-likeness (QED) is 0.560. The molecule has 0 saturated heterocycles. The van der Waals surface area contributed by atoms with Crippen LogP contribution in [0.25, 0.3) is 11.0 Å². The normalized spacial score (nSPS) is 12.7. The number of ether oxygens (including phenoxy) is 3. The van der Waals surface area contributed by atoms with Gasteiger partial charge in [-0.05, 0) is 24.3 Å². The Labute approximate surface area is 149 Å². The highest BCUT2D eigenvalue weighted by atomic mass is 16.7. The van der Waals surface area contributed by atoms with Crippen LogP contribution >= 0.6 is 0 Å². The molecule has 4 rings (SSSR count). The highest BCUT2D eigenvalue weighted by molar-refractivity contribution is 5.85. The summed E-state index contributed by atoms with van der Waals surface area (Å²) in [6.45, 7) is 0.282. The lowest BCUT2D eigenvalue weighted by Gasteiger charge is -2.06. The molecule has 2 heterocycles. The smallest absolute Gasteiger partial charge is 0.260 e. The van der Waals surface area contributed by atoms with E-state index in [4.69, 9.17) is 14.2 Å². The Kier molecular flexibility index (Phi) is 4.14. The number of rotatable bonds is 5. The molecular formula is C18H16N4O4. The minimum atomic E-state index is -0.253. The van der Waals surface area contributed by atoms with Gasteiger partial charge in [-0.25, -0.2) is 10.4 Å². The van der Waals surface area contributed by atoms with Crippen molar-refractivity contribution in [3.8, 4) is 17.2 Å². The highest BCUT2D eigenvalue weighted by Gasteiger charge is 2.19. The first-order valence-corrected chi connectivity index (χ1v) is 7.94. The molecule has 0 radical (unpaired) electrons. The van der Waals surface area contributed by atoms with E-state index in [1.807, 2.05) is 24.3 Å². The maximum Gasteiger partial charge on any atom is 0.260 e. The van der Waals surface area contributed by atoms with E-state index in [2.05, 4.69) is 15.5 Å². The maximum absolute atomic E-state index is 12.1. The van der Waals surface area contributed by atoms with Gasteiger partial charge in [0, 0.05) is 5.56 Å². The number of hydrazone groups is 1. The summed E-state index contributed by atoms with van der Waals surface area (Å²) in [5, 5.41) is 3.99. The number of fused-ring (bicyclic) bond motifs is 2. The lowest BCUT2D eigenvalue weighted by atomic mass is 10.2. The molecular weight excluding hydrogens is 336 g/mol. The van der Waals surface area contributed by atoms with Gasteiger partial charge in [-0.15, -0.1) is 0 Å². The van der Waals surface area contributed by atoms with E-state index >= 15 is 0 Å². The van der Waals surface area contributed by atoms with Gasteiger partial charge in [0.2, 0.25) is 12.5 Å². The molecule has 26 heavy (non-hydrogen) atoms. The van der Waals surface area contributed by atoms with Crippen LogP contribution in [0.1, 0.15) is 5.56 Å². The van der Waals surface area contributed by atoms with E-state index in [1.54, 1.807) is 30.1 Å². The number of hydrogen-bond acceptors (Lipinski definition) is 6. The van der Waals surface area contributed by atoms with Crippen molar-refractivity contribution in [2.45, 2.75) is 6.54 Å². The highest BCUT2D eigenvalue weighted by Crippen LogP contribution is 2.41. The Morgan fingerprint density at radius 3 is 3.15 bits per heavy atom. The van der Waals surface area contributed by atoms with Crippen molar-refractivity contribution < 1.29 is 19.0 Å². The number of aromatic nitrogens is 2. The first-order chi connectivity index (χ1) is 12.7. The number of amides is 1. The Hall–Kier alpha value is -3.55. The van der Waals surface area contributed by atoms with Crippen LogP contribution < -0.4 is 19.6 Å². The predicted octanol–water partition coefficient (Wildman–Crippen LogP) is 1.92. The van der Waals surface area contributed by atoms with Crippen molar-refractivity contribution in [1.29, 1.82) is 0 Å². The van der Waals surface area contributed by atoms with Gasteiger partial charge in [0.1, 0.15) is 6.54 Å². The van der Waals surface area contributed by atoms with Crippen LogP contribution in [0.2, 0.25) is 0 Å². The summed E-state index contributed by atoms with van der Waals surface area (Å²) in [4.78, 5) is 16.4. The average molecular weight is 352 g/mol. The minimum Gasteiger partial charge on any atom is -0.493 e. The van der Waals surface area contributed by atoms with Crippen molar-refractivity contribution in [1.82, 2.24) is 15.0 Å². The monoisotopic (exact) mass is 352 g/mol. The van der Waals surface area contributed by atoms with E-state index in [0.717, 1.165) is 16.6 Å². The van der Waals surface area contributed by atoms with Crippen molar-refractivity contribution in [3.63, 3.8) is 0 Å². The van der Waals surface area contributed by atoms with Crippen LogP contribution in [0.4, 0.5) is 0 Å². The number of imidazole rings is 1. The molecule has 2 aromatic carbocycles. The van der Waals surface area contributed by atoms with Gasteiger partial charge >= 0.3 is 0 Å². The van der Waals surface area contributed by atoms with E-state index in [1.165, 1.54) is 6.21 Å². The Bertz CT molecular complexity index is 996. The third-order valence-corrected chi connectivity index (χ3v) is 3.92. The zero-order valence-electron chi connectivity index (χ0n) is 14.0. The molecule has 1 aliphatic rings. The number of benzene rings is 2. The fourth-order valence-corrected chi connectivity index (χ4v) is 2.73. The molecule has 0 saturated carbocycles. The van der Waals surface area contributed by atoms with Crippen LogP contribution in [0.15, 0.2) is 47.8 Å². The number of carbonyl (C=O) groups excluding carboxylic acids is 1. The lowest BCUT2D eigenvalue weighted by Crippen LogP contribution is -2.22. The SMILES string of the molecule is COc1cc(/C=N/NC(=O)Cn2cnc3ccccc32)cc2c1OCO2. The number of nitrogens with one attached hydrogen (secondary N) is 1. The predicted molar refractivity (Wildman–Crippen MR) is 94.6 cm³/mol. The molecule has 132 valence electrons. The van der Waals surface area contributed by atoms with Crippen LogP contribution in [0, 0.1) is 0 Å². The van der Waals surface area contributed by atoms with Gasteiger partial charge in [0.05, 0.1) is 30.7 Å². The van der Waals surface area contributed by atoms with E-state index in [-0.39, 0.29) is 19.2 Å². The van der Waals surface area contributed by atoms with Crippen molar-refractivity contribution >= 4 is 23.2 Å². The van der Waals surface area contributed by atoms with Gasteiger partial charge in [-0.1, -0.05) is 12.1 Å². The second-order valence-electron chi connectivity index (χ2n) is 5.61. The Morgan fingerprint density at radius 1 is 1.38 bits per heavy atom. The average Bonchev–Trinajstić information content (AvgIpc) is 3.28. The van der Waals surface area contributed by atoms with Crippen LogP contribution in [-0.4, -0.2) is 35.6 Å². The molecule has 1 N–H and O–H groups in total. The third kappa shape index (κ3) is 3.04. The van der Waals surface area contributed by atoms with Crippen LogP contribution in [0.3, 0.4) is 0 Å². The lowest BCUT2D eigenvalue weighted by molar-refractivity contribution is -0.121.